The van der Waals surface area contributed by atoms with Crippen LogP contribution >= 0.6 is 0 Å². The Hall–Kier alpha value is 0.257. The van der Waals surface area contributed by atoms with Gasteiger partial charge >= 0.3 is 84.2 Å². The quantitative estimate of drug-likeness (QED) is 0.236. The van der Waals surface area contributed by atoms with Gasteiger partial charge in [0.2, 0.25) is 0 Å². The molecule has 0 aromatic rings. The van der Waals surface area contributed by atoms with Crippen molar-refractivity contribution in [3.8, 4) is 0 Å². The molecule has 0 unspecified atom stereocenters. The molecule has 0 aliphatic carbocycles. The van der Waals surface area contributed by atoms with Crippen LogP contribution in [0.1, 0.15) is 19.8 Å². The average molecular weight is 164 g/mol. The van der Waals surface area contributed by atoms with Crippen molar-refractivity contribution in [2.75, 3.05) is 20.0 Å². The molecule has 0 aromatic carbocycles. The van der Waals surface area contributed by atoms with Crippen LogP contribution in [-0.2, 0) is 9.47 Å². The van der Waals surface area contributed by atoms with Crippen molar-refractivity contribution >= 4 is 17.7 Å². The van der Waals surface area contributed by atoms with Gasteiger partial charge in [-0.25, -0.2) is 0 Å². The summed E-state index contributed by atoms with van der Waals surface area (Å²) in [5, 5.41) is 1.22. The van der Waals surface area contributed by atoms with Crippen molar-refractivity contribution in [3.63, 3.8) is 0 Å². The van der Waals surface area contributed by atoms with E-state index < -0.39 is 0 Å². The normalized spacial score (nSPS) is 11.2. The predicted octanol–water partition coefficient (Wildman–Crippen LogP) is 1.92. The van der Waals surface area contributed by atoms with E-state index >= 15 is 0 Å². The summed E-state index contributed by atoms with van der Waals surface area (Å²) in [5.74, 6) is 0. The Kier molecular flexibility index (Phi) is 11.5. The molecule has 0 spiro atoms. The molecular formula is C9H17LiO2. The molecule has 3 heteroatoms. The van der Waals surface area contributed by atoms with Crippen molar-refractivity contribution in [3.05, 3.63) is 12.2 Å². The minimum atomic E-state index is 0.429. The van der Waals surface area contributed by atoms with E-state index in [1.807, 2.05) is 6.92 Å². The number of ether oxygens (including phenoxy) is 2. The molecule has 0 rings (SSSR count). The van der Waals surface area contributed by atoms with Crippen LogP contribution in [0, 0.1) is 0 Å². The molecule has 66 valence electrons. The molecule has 0 fully saturated rings. The van der Waals surface area contributed by atoms with E-state index in [4.69, 9.17) is 9.47 Å². The summed E-state index contributed by atoms with van der Waals surface area (Å²) in [4.78, 5) is 0. The van der Waals surface area contributed by atoms with E-state index in [2.05, 4.69) is 29.9 Å². The standard InChI is InChI=1S/C9H17O2.Li/c1-3-5-6-7-8-11-9-10-4-2;/h5-6H,1,3-4,7-9H2,2H3;/b6-5-;. The van der Waals surface area contributed by atoms with Gasteiger partial charge in [0, 0.05) is 0 Å². The van der Waals surface area contributed by atoms with Crippen LogP contribution in [-0.4, -0.2) is 37.7 Å². The van der Waals surface area contributed by atoms with Crippen LogP contribution in [0.25, 0.3) is 0 Å². The molecule has 0 N–H and O–H groups in total. The van der Waals surface area contributed by atoms with Gasteiger partial charge in [0.1, 0.15) is 0 Å². The van der Waals surface area contributed by atoms with E-state index in [0.717, 1.165) is 19.6 Å². The van der Waals surface area contributed by atoms with E-state index in [-0.39, 0.29) is 0 Å². The molecule has 0 aliphatic heterocycles. The van der Waals surface area contributed by atoms with Crippen molar-refractivity contribution in [1.29, 1.82) is 0 Å². The Bertz CT molecular complexity index is 105. The van der Waals surface area contributed by atoms with Gasteiger partial charge in [-0.2, -0.15) is 0 Å². The third-order valence-electron chi connectivity index (χ3n) is 1.42. The van der Waals surface area contributed by atoms with Gasteiger partial charge in [0.15, 0.2) is 0 Å². The number of hydrogen-bond acceptors (Lipinski definition) is 2. The second-order valence-corrected chi connectivity index (χ2v) is 2.57. The van der Waals surface area contributed by atoms with Crippen LogP contribution < -0.4 is 0 Å². The van der Waals surface area contributed by atoms with Crippen molar-refractivity contribution in [2.24, 2.45) is 0 Å². The topological polar surface area (TPSA) is 18.5 Å². The molecule has 2 nitrogen and oxygen atoms in total. The molecular weight excluding hydrogens is 147 g/mol. The maximum absolute atomic E-state index is 5.18. The molecule has 0 atom stereocenters. The van der Waals surface area contributed by atoms with Gasteiger partial charge in [-0.05, 0) is 0 Å². The summed E-state index contributed by atoms with van der Waals surface area (Å²) in [6, 6.07) is 0. The third kappa shape index (κ3) is 10.3. The summed E-state index contributed by atoms with van der Waals surface area (Å²) in [6.07, 6.45) is 6.53. The van der Waals surface area contributed by atoms with Crippen molar-refractivity contribution in [2.45, 2.75) is 24.9 Å². The monoisotopic (exact) mass is 164 g/mol. The fraction of sp³-hybridized carbons (Fsp3) is 0.778. The predicted molar refractivity (Wildman–Crippen MR) is 51.4 cm³/mol. The van der Waals surface area contributed by atoms with Crippen LogP contribution in [0.15, 0.2) is 12.2 Å². The Morgan fingerprint density at radius 2 is 1.92 bits per heavy atom. The molecule has 0 saturated heterocycles. The number of hydrogen-bond donors (Lipinski definition) is 0. The fourth-order valence-electron chi connectivity index (χ4n) is 0.755. The third-order valence-corrected chi connectivity index (χ3v) is 1.42. The van der Waals surface area contributed by atoms with Crippen molar-refractivity contribution < 1.29 is 9.47 Å². The number of allylic oxidation sites excluding steroid dienone is 1. The second-order valence-electron chi connectivity index (χ2n) is 2.57. The molecule has 0 bridgehead atoms. The summed E-state index contributed by atoms with van der Waals surface area (Å²) in [7, 11) is 0. The molecule has 0 amide bonds. The molecule has 0 aliphatic rings. The van der Waals surface area contributed by atoms with E-state index in [1.165, 1.54) is 11.5 Å². The number of rotatable bonds is 8. The molecule has 0 radical (unpaired) electrons. The van der Waals surface area contributed by atoms with Crippen LogP contribution in [0.3, 0.4) is 0 Å². The van der Waals surface area contributed by atoms with Gasteiger partial charge in [0.05, 0.1) is 0 Å². The molecule has 0 saturated carbocycles. The van der Waals surface area contributed by atoms with Gasteiger partial charge < -0.3 is 0 Å². The summed E-state index contributed by atoms with van der Waals surface area (Å²) >= 11 is 2.18. The molecule has 0 heterocycles. The zero-order valence-corrected chi connectivity index (χ0v) is 8.21. The molecule has 12 heavy (non-hydrogen) atoms. The first-order valence-corrected chi connectivity index (χ1v) is 4.72. The fourth-order valence-corrected chi connectivity index (χ4v) is 0.755. The zero-order valence-electron chi connectivity index (χ0n) is 8.21. The Labute approximate surface area is 84.5 Å². The minimum absolute atomic E-state index is 0.429. The maximum atomic E-state index is 5.18. The average Bonchev–Trinajstić information content (AvgIpc) is 2.10. The Morgan fingerprint density at radius 3 is 2.58 bits per heavy atom. The SMILES string of the molecule is [Li][CH2]C/C=C\CCOCOCC. The van der Waals surface area contributed by atoms with E-state index in [9.17, 15) is 0 Å². The first kappa shape index (κ1) is 12.3. The summed E-state index contributed by atoms with van der Waals surface area (Å²) in [5.41, 5.74) is 0. The van der Waals surface area contributed by atoms with E-state index in [1.54, 1.807) is 0 Å². The molecule has 0 aromatic heterocycles. The van der Waals surface area contributed by atoms with E-state index in [0.29, 0.717) is 6.79 Å². The first-order valence-electron chi connectivity index (χ1n) is 4.72. The Morgan fingerprint density at radius 1 is 1.17 bits per heavy atom. The van der Waals surface area contributed by atoms with Gasteiger partial charge in [-0.15, -0.1) is 0 Å². The zero-order chi connectivity index (χ0) is 9.07. The van der Waals surface area contributed by atoms with Gasteiger partial charge in [-0.3, -0.25) is 0 Å². The first-order chi connectivity index (χ1) is 5.91. The van der Waals surface area contributed by atoms with Gasteiger partial charge in [0.25, 0.3) is 0 Å². The summed E-state index contributed by atoms with van der Waals surface area (Å²) in [6.45, 7) is 3.88. The van der Waals surface area contributed by atoms with Crippen LogP contribution in [0.4, 0.5) is 0 Å². The van der Waals surface area contributed by atoms with Crippen LogP contribution in [0.5, 0.6) is 0 Å². The Balaban J connectivity index is 2.90. The summed E-state index contributed by atoms with van der Waals surface area (Å²) < 4.78 is 10.2. The van der Waals surface area contributed by atoms with Crippen molar-refractivity contribution in [1.82, 2.24) is 0 Å². The van der Waals surface area contributed by atoms with Crippen LogP contribution in [0.2, 0.25) is 5.09 Å². The van der Waals surface area contributed by atoms with Gasteiger partial charge in [-0.1, -0.05) is 0 Å². The second kappa shape index (κ2) is 11.3.